The molecule has 0 fully saturated rings. The number of hydrogen-bond acceptors (Lipinski definition) is 4. The first kappa shape index (κ1) is 12.0. The van der Waals surface area contributed by atoms with Gasteiger partial charge >= 0.3 is 0 Å². The van der Waals surface area contributed by atoms with E-state index in [9.17, 15) is 8.42 Å². The standard InChI is InChI=1S/C14H12O4S/c15-19(16,9-11-4-2-1-3-5-11)12-6-7-13-14(8-12)18-10-17-13/h1-8H,9-10H2. The largest absolute Gasteiger partial charge is 0.454 e. The first-order valence-corrected chi connectivity index (χ1v) is 7.47. The van der Waals surface area contributed by atoms with Crippen LogP contribution in [-0.2, 0) is 15.6 Å². The minimum absolute atomic E-state index is 0.0204. The third-order valence-electron chi connectivity index (χ3n) is 2.90. The Kier molecular flexibility index (Phi) is 2.91. The highest BCUT2D eigenvalue weighted by molar-refractivity contribution is 7.90. The van der Waals surface area contributed by atoms with Crippen LogP contribution in [0.25, 0.3) is 0 Å². The lowest BCUT2D eigenvalue weighted by molar-refractivity contribution is 0.174. The topological polar surface area (TPSA) is 52.6 Å². The van der Waals surface area contributed by atoms with Gasteiger partial charge in [0.05, 0.1) is 10.6 Å². The molecule has 0 saturated carbocycles. The molecular weight excluding hydrogens is 264 g/mol. The summed E-state index contributed by atoms with van der Waals surface area (Å²) in [7, 11) is -3.37. The highest BCUT2D eigenvalue weighted by Crippen LogP contribution is 2.34. The second-order valence-corrected chi connectivity index (χ2v) is 6.25. The average molecular weight is 276 g/mol. The summed E-state index contributed by atoms with van der Waals surface area (Å²) in [5.41, 5.74) is 0.764. The molecule has 0 atom stereocenters. The van der Waals surface area contributed by atoms with Gasteiger partial charge in [0.15, 0.2) is 21.3 Å². The van der Waals surface area contributed by atoms with Gasteiger partial charge in [0, 0.05) is 6.07 Å². The van der Waals surface area contributed by atoms with Crippen LogP contribution in [0.3, 0.4) is 0 Å². The third kappa shape index (κ3) is 2.42. The van der Waals surface area contributed by atoms with Crippen molar-refractivity contribution in [2.24, 2.45) is 0 Å². The zero-order valence-electron chi connectivity index (χ0n) is 10.1. The molecular formula is C14H12O4S. The molecule has 4 nitrogen and oxygen atoms in total. The summed E-state index contributed by atoms with van der Waals surface area (Å²) in [5.74, 6) is 1.04. The molecule has 2 aromatic rings. The maximum Gasteiger partial charge on any atom is 0.231 e. The number of hydrogen-bond donors (Lipinski definition) is 0. The molecule has 0 radical (unpaired) electrons. The van der Waals surface area contributed by atoms with Gasteiger partial charge < -0.3 is 9.47 Å². The van der Waals surface area contributed by atoms with Crippen molar-refractivity contribution in [1.82, 2.24) is 0 Å². The van der Waals surface area contributed by atoms with Crippen molar-refractivity contribution in [3.05, 3.63) is 54.1 Å². The van der Waals surface area contributed by atoms with E-state index in [0.29, 0.717) is 11.5 Å². The molecule has 1 aliphatic heterocycles. The number of ether oxygens (including phenoxy) is 2. The van der Waals surface area contributed by atoms with E-state index in [0.717, 1.165) is 5.56 Å². The van der Waals surface area contributed by atoms with Gasteiger partial charge in [0.2, 0.25) is 6.79 Å². The third-order valence-corrected chi connectivity index (χ3v) is 4.59. The molecule has 1 aliphatic rings. The maximum atomic E-state index is 12.3. The fourth-order valence-electron chi connectivity index (χ4n) is 1.95. The summed E-state index contributed by atoms with van der Waals surface area (Å²) in [6.07, 6.45) is 0. The van der Waals surface area contributed by atoms with E-state index in [4.69, 9.17) is 9.47 Å². The Hall–Kier alpha value is -2.01. The van der Waals surface area contributed by atoms with E-state index in [1.165, 1.54) is 6.07 Å². The summed E-state index contributed by atoms with van der Waals surface area (Å²) in [4.78, 5) is 0.251. The zero-order valence-corrected chi connectivity index (χ0v) is 10.9. The molecule has 0 aliphatic carbocycles. The molecule has 0 spiro atoms. The van der Waals surface area contributed by atoms with Gasteiger partial charge in [-0.15, -0.1) is 0 Å². The number of rotatable bonds is 3. The maximum absolute atomic E-state index is 12.3. The van der Waals surface area contributed by atoms with Gasteiger partial charge in [-0.1, -0.05) is 30.3 Å². The van der Waals surface area contributed by atoms with Gasteiger partial charge in [-0.3, -0.25) is 0 Å². The molecule has 3 rings (SSSR count). The molecule has 5 heteroatoms. The number of fused-ring (bicyclic) bond motifs is 1. The molecule has 0 unspecified atom stereocenters. The van der Waals surface area contributed by atoms with E-state index in [1.54, 1.807) is 24.3 Å². The van der Waals surface area contributed by atoms with E-state index >= 15 is 0 Å². The molecule has 0 N–H and O–H groups in total. The first-order chi connectivity index (χ1) is 9.15. The lowest BCUT2D eigenvalue weighted by Gasteiger charge is -2.05. The van der Waals surface area contributed by atoms with Gasteiger partial charge in [0.1, 0.15) is 0 Å². The molecule has 98 valence electrons. The molecule has 1 heterocycles. The monoisotopic (exact) mass is 276 g/mol. The minimum Gasteiger partial charge on any atom is -0.454 e. The number of sulfone groups is 1. The molecule has 19 heavy (non-hydrogen) atoms. The van der Waals surface area contributed by atoms with Crippen molar-refractivity contribution in [2.45, 2.75) is 10.6 Å². The first-order valence-electron chi connectivity index (χ1n) is 5.81. The molecule has 0 saturated heterocycles. The van der Waals surface area contributed by atoms with E-state index in [2.05, 4.69) is 0 Å². The Bertz CT molecular complexity index is 693. The van der Waals surface area contributed by atoms with Gasteiger partial charge in [-0.2, -0.15) is 0 Å². The summed E-state index contributed by atoms with van der Waals surface area (Å²) in [6.45, 7) is 0.136. The highest BCUT2D eigenvalue weighted by Gasteiger charge is 2.20. The predicted molar refractivity (Wildman–Crippen MR) is 69.9 cm³/mol. The second-order valence-electron chi connectivity index (χ2n) is 4.26. The van der Waals surface area contributed by atoms with Crippen LogP contribution in [0.4, 0.5) is 0 Å². The van der Waals surface area contributed by atoms with Crippen molar-refractivity contribution < 1.29 is 17.9 Å². The van der Waals surface area contributed by atoms with Crippen molar-refractivity contribution in [3.63, 3.8) is 0 Å². The summed E-state index contributed by atoms with van der Waals surface area (Å²) < 4.78 is 35.0. The Morgan fingerprint density at radius 1 is 0.947 bits per heavy atom. The Balaban J connectivity index is 1.92. The number of benzene rings is 2. The van der Waals surface area contributed by atoms with Crippen LogP contribution in [0, 0.1) is 0 Å². The molecule has 0 aromatic heterocycles. The molecule has 0 amide bonds. The van der Waals surface area contributed by atoms with Crippen molar-refractivity contribution in [2.75, 3.05) is 6.79 Å². The minimum atomic E-state index is -3.37. The average Bonchev–Trinajstić information content (AvgIpc) is 2.86. The van der Waals surface area contributed by atoms with Crippen molar-refractivity contribution >= 4 is 9.84 Å². The molecule has 2 aromatic carbocycles. The normalized spacial score (nSPS) is 13.5. The smallest absolute Gasteiger partial charge is 0.231 e. The fourth-order valence-corrected chi connectivity index (χ4v) is 3.31. The predicted octanol–water partition coefficient (Wildman–Crippen LogP) is 2.39. The Morgan fingerprint density at radius 2 is 1.68 bits per heavy atom. The SMILES string of the molecule is O=S(=O)(Cc1ccccc1)c1ccc2c(c1)OCO2. The van der Waals surface area contributed by atoms with Crippen LogP contribution < -0.4 is 9.47 Å². The lowest BCUT2D eigenvalue weighted by Crippen LogP contribution is -2.04. The molecule has 0 bridgehead atoms. The highest BCUT2D eigenvalue weighted by atomic mass is 32.2. The van der Waals surface area contributed by atoms with E-state index < -0.39 is 9.84 Å². The van der Waals surface area contributed by atoms with Crippen LogP contribution in [-0.4, -0.2) is 15.2 Å². The van der Waals surface area contributed by atoms with Crippen LogP contribution in [0.2, 0.25) is 0 Å². The van der Waals surface area contributed by atoms with Crippen molar-refractivity contribution in [3.8, 4) is 11.5 Å². The summed E-state index contributed by atoms with van der Waals surface area (Å²) >= 11 is 0. The van der Waals surface area contributed by atoms with Crippen LogP contribution in [0.5, 0.6) is 11.5 Å². The lowest BCUT2D eigenvalue weighted by atomic mass is 10.2. The van der Waals surface area contributed by atoms with Crippen LogP contribution >= 0.6 is 0 Å². The van der Waals surface area contributed by atoms with Crippen LogP contribution in [0.15, 0.2) is 53.4 Å². The van der Waals surface area contributed by atoms with E-state index in [-0.39, 0.29) is 17.4 Å². The van der Waals surface area contributed by atoms with Gasteiger partial charge in [-0.05, 0) is 17.7 Å². The summed E-state index contributed by atoms with van der Waals surface area (Å²) in [5, 5.41) is 0. The summed E-state index contributed by atoms with van der Waals surface area (Å²) in [6, 6.07) is 13.8. The van der Waals surface area contributed by atoms with Crippen LogP contribution in [0.1, 0.15) is 5.56 Å². The second kappa shape index (κ2) is 4.59. The van der Waals surface area contributed by atoms with Crippen molar-refractivity contribution in [1.29, 1.82) is 0 Å². The Morgan fingerprint density at radius 3 is 2.47 bits per heavy atom. The Labute approximate surface area is 111 Å². The van der Waals surface area contributed by atoms with Gasteiger partial charge in [-0.25, -0.2) is 8.42 Å². The van der Waals surface area contributed by atoms with E-state index in [1.807, 2.05) is 18.2 Å². The van der Waals surface area contributed by atoms with Gasteiger partial charge in [0.25, 0.3) is 0 Å². The fraction of sp³-hybridized carbons (Fsp3) is 0.143. The zero-order chi connectivity index (χ0) is 13.3. The quantitative estimate of drug-likeness (QED) is 0.863.